The van der Waals surface area contributed by atoms with E-state index in [-0.39, 0.29) is 12.8 Å². The maximum Gasteiger partial charge on any atom is 0.326 e. The molecule has 1 aromatic heterocycles. The lowest BCUT2D eigenvalue weighted by molar-refractivity contribution is -0.148. The first-order valence-corrected chi connectivity index (χ1v) is 12.8. The van der Waals surface area contributed by atoms with E-state index in [1.807, 2.05) is 47.8 Å². The molecule has 13 nitrogen and oxygen atoms in total. The molecule has 0 saturated carbocycles. The second-order valence-corrected chi connectivity index (χ2v) is 9.65. The van der Waals surface area contributed by atoms with Crippen LogP contribution in [0.5, 0.6) is 0 Å². The number of benzene rings is 2. The molecule has 5 atom stereocenters. The average molecular weight is 568 g/mol. The molecule has 3 aromatic rings. The van der Waals surface area contributed by atoms with Crippen LogP contribution in [-0.4, -0.2) is 80.2 Å². The Kier molecular flexibility index (Phi) is 10.6. The van der Waals surface area contributed by atoms with Gasteiger partial charge in [0.15, 0.2) is 0 Å². The van der Waals surface area contributed by atoms with Gasteiger partial charge in [-0.2, -0.15) is 0 Å². The monoisotopic (exact) mass is 567 g/mol. The lowest BCUT2D eigenvalue weighted by atomic mass is 10.0. The van der Waals surface area contributed by atoms with Gasteiger partial charge in [0.2, 0.25) is 17.7 Å². The number of fused-ring (bicyclic) bond motifs is 1. The minimum atomic E-state index is -1.80. The number of carboxylic acid groups (broad SMARTS) is 2. The van der Waals surface area contributed by atoms with Gasteiger partial charge in [0.25, 0.3) is 0 Å². The van der Waals surface area contributed by atoms with Crippen LogP contribution in [0.1, 0.15) is 24.5 Å². The maximum atomic E-state index is 13.5. The number of aliphatic hydroxyl groups is 1. The van der Waals surface area contributed by atoms with Crippen LogP contribution in [0.15, 0.2) is 60.8 Å². The van der Waals surface area contributed by atoms with Gasteiger partial charge < -0.3 is 42.0 Å². The summed E-state index contributed by atoms with van der Waals surface area (Å²) < 4.78 is 0. The Balaban J connectivity index is 1.82. The number of carbonyl (C=O) groups excluding carboxylic acids is 3. The molecule has 0 aliphatic carbocycles. The van der Waals surface area contributed by atoms with Gasteiger partial charge in [0.05, 0.1) is 18.6 Å². The van der Waals surface area contributed by atoms with Crippen LogP contribution in [0.3, 0.4) is 0 Å². The number of aliphatic carboxylic acids is 2. The number of aromatic nitrogens is 1. The maximum absolute atomic E-state index is 13.5. The second kappa shape index (κ2) is 14.1. The molecular formula is C28H33N5O8. The molecule has 1 heterocycles. The normalized spacial score (nSPS) is 14.7. The molecular weight excluding hydrogens is 534 g/mol. The number of aromatic amines is 1. The number of aliphatic hydroxyl groups excluding tert-OH is 1. The van der Waals surface area contributed by atoms with Crippen molar-refractivity contribution in [2.45, 2.75) is 56.5 Å². The van der Waals surface area contributed by atoms with Crippen LogP contribution >= 0.6 is 0 Å². The first-order chi connectivity index (χ1) is 19.5. The van der Waals surface area contributed by atoms with E-state index in [4.69, 9.17) is 10.8 Å². The first kappa shape index (κ1) is 30.8. The molecule has 0 aliphatic heterocycles. The Morgan fingerprint density at radius 2 is 1.46 bits per heavy atom. The molecule has 9 N–H and O–H groups in total. The highest BCUT2D eigenvalue weighted by atomic mass is 16.4. The number of rotatable bonds is 14. The van der Waals surface area contributed by atoms with Crippen LogP contribution in [0.2, 0.25) is 0 Å². The van der Waals surface area contributed by atoms with Crippen molar-refractivity contribution in [3.05, 3.63) is 71.9 Å². The molecule has 0 spiro atoms. The summed E-state index contributed by atoms with van der Waals surface area (Å²) in [5.41, 5.74) is 8.42. The van der Waals surface area contributed by atoms with E-state index in [2.05, 4.69) is 15.6 Å². The SMILES string of the molecule is CC(O)C(NC(=O)C(Cc1c[nH]c2ccccc12)NC(=O)C(N)Cc1ccccc1)C(=O)NC(CC(=O)O)C(=O)O. The Morgan fingerprint density at radius 3 is 2.10 bits per heavy atom. The fourth-order valence-electron chi connectivity index (χ4n) is 4.26. The molecule has 218 valence electrons. The number of amides is 3. The molecule has 2 aromatic carbocycles. The zero-order valence-corrected chi connectivity index (χ0v) is 22.2. The van der Waals surface area contributed by atoms with E-state index in [9.17, 15) is 34.2 Å². The van der Waals surface area contributed by atoms with Gasteiger partial charge in [-0.3, -0.25) is 19.2 Å². The number of carbonyl (C=O) groups is 5. The van der Waals surface area contributed by atoms with E-state index in [0.717, 1.165) is 16.5 Å². The standard InChI is InChI=1S/C28H33N5O8/c1-15(34)24(27(39)32-22(28(40)41)13-23(35)36)33-26(38)21(12-17-14-30-20-10-6-5-9-18(17)20)31-25(37)19(29)11-16-7-3-2-4-8-16/h2-10,14-15,19,21-22,24,30,34H,11-13,29H2,1H3,(H,31,37)(H,32,39)(H,33,38)(H,35,36)(H,40,41). The largest absolute Gasteiger partial charge is 0.481 e. The molecule has 3 rings (SSSR count). The summed E-state index contributed by atoms with van der Waals surface area (Å²) >= 11 is 0. The summed E-state index contributed by atoms with van der Waals surface area (Å²) in [6.45, 7) is 1.19. The van der Waals surface area contributed by atoms with Crippen LogP contribution in [-0.2, 0) is 36.8 Å². The van der Waals surface area contributed by atoms with Crippen LogP contribution in [0.25, 0.3) is 10.9 Å². The van der Waals surface area contributed by atoms with Crippen molar-refractivity contribution in [1.29, 1.82) is 0 Å². The summed E-state index contributed by atoms with van der Waals surface area (Å²) in [4.78, 5) is 64.8. The van der Waals surface area contributed by atoms with Crippen molar-refractivity contribution < 1.29 is 39.3 Å². The predicted molar refractivity (Wildman–Crippen MR) is 147 cm³/mol. The molecule has 0 saturated heterocycles. The number of nitrogens with two attached hydrogens (primary N) is 1. The van der Waals surface area contributed by atoms with Crippen molar-refractivity contribution in [3.63, 3.8) is 0 Å². The van der Waals surface area contributed by atoms with Gasteiger partial charge in [0, 0.05) is 23.5 Å². The van der Waals surface area contributed by atoms with Crippen LogP contribution in [0.4, 0.5) is 0 Å². The third kappa shape index (κ3) is 8.62. The van der Waals surface area contributed by atoms with Gasteiger partial charge in [-0.1, -0.05) is 48.5 Å². The molecule has 3 amide bonds. The second-order valence-electron chi connectivity index (χ2n) is 9.65. The number of hydrogen-bond acceptors (Lipinski definition) is 7. The van der Waals surface area contributed by atoms with Crippen molar-refractivity contribution in [1.82, 2.24) is 20.9 Å². The fraction of sp³-hybridized carbons (Fsp3) is 0.321. The predicted octanol–water partition coefficient (Wildman–Crippen LogP) is -0.325. The summed E-state index contributed by atoms with van der Waals surface area (Å²) in [5.74, 6) is -5.65. The zero-order chi connectivity index (χ0) is 30.1. The summed E-state index contributed by atoms with van der Waals surface area (Å²) in [6.07, 6.45) is -0.538. The Morgan fingerprint density at radius 1 is 0.829 bits per heavy atom. The molecule has 0 bridgehead atoms. The summed E-state index contributed by atoms with van der Waals surface area (Å²) in [5, 5.41) is 36.2. The third-order valence-electron chi connectivity index (χ3n) is 6.42. The van der Waals surface area contributed by atoms with E-state index >= 15 is 0 Å². The average Bonchev–Trinajstić information content (AvgIpc) is 3.33. The van der Waals surface area contributed by atoms with Crippen LogP contribution < -0.4 is 21.7 Å². The summed E-state index contributed by atoms with van der Waals surface area (Å²) in [7, 11) is 0. The number of para-hydroxylation sites is 1. The van der Waals surface area contributed by atoms with Crippen molar-refractivity contribution in [3.8, 4) is 0 Å². The number of hydrogen-bond donors (Lipinski definition) is 8. The zero-order valence-electron chi connectivity index (χ0n) is 22.2. The number of carboxylic acids is 2. The fourth-order valence-corrected chi connectivity index (χ4v) is 4.26. The quantitative estimate of drug-likeness (QED) is 0.128. The lowest BCUT2D eigenvalue weighted by Crippen LogP contribution is -2.60. The lowest BCUT2D eigenvalue weighted by Gasteiger charge is -2.26. The van der Waals surface area contributed by atoms with Gasteiger partial charge >= 0.3 is 11.9 Å². The summed E-state index contributed by atoms with van der Waals surface area (Å²) in [6, 6.07) is 10.7. The van der Waals surface area contributed by atoms with Gasteiger partial charge in [0.1, 0.15) is 18.1 Å². The minimum Gasteiger partial charge on any atom is -0.481 e. The van der Waals surface area contributed by atoms with E-state index < -0.39 is 66.4 Å². The van der Waals surface area contributed by atoms with E-state index in [1.165, 1.54) is 6.92 Å². The number of nitrogens with one attached hydrogen (secondary N) is 4. The van der Waals surface area contributed by atoms with Crippen LogP contribution in [0, 0.1) is 0 Å². The van der Waals surface area contributed by atoms with Gasteiger partial charge in [-0.25, -0.2) is 4.79 Å². The topological polar surface area (TPSA) is 224 Å². The Bertz CT molecular complexity index is 1390. The molecule has 5 unspecified atom stereocenters. The number of H-pyrrole nitrogens is 1. The molecule has 0 fully saturated rings. The Hall–Kier alpha value is -4.75. The highest BCUT2D eigenvalue weighted by Gasteiger charge is 2.33. The Labute approximate surface area is 235 Å². The first-order valence-electron chi connectivity index (χ1n) is 12.8. The smallest absolute Gasteiger partial charge is 0.326 e. The van der Waals surface area contributed by atoms with Gasteiger partial charge in [-0.05, 0) is 30.5 Å². The molecule has 0 aliphatic rings. The highest BCUT2D eigenvalue weighted by Crippen LogP contribution is 2.19. The van der Waals surface area contributed by atoms with Gasteiger partial charge in [-0.15, -0.1) is 0 Å². The molecule has 0 radical (unpaired) electrons. The third-order valence-corrected chi connectivity index (χ3v) is 6.42. The van der Waals surface area contributed by atoms with E-state index in [1.54, 1.807) is 18.3 Å². The highest BCUT2D eigenvalue weighted by molar-refractivity contribution is 5.95. The molecule has 13 heteroatoms. The van der Waals surface area contributed by atoms with Crippen molar-refractivity contribution in [2.75, 3.05) is 0 Å². The van der Waals surface area contributed by atoms with E-state index in [0.29, 0.717) is 5.56 Å². The molecule has 41 heavy (non-hydrogen) atoms. The minimum absolute atomic E-state index is 0.00937. The van der Waals surface area contributed by atoms with Crippen molar-refractivity contribution >= 4 is 40.6 Å². The van der Waals surface area contributed by atoms with Crippen molar-refractivity contribution in [2.24, 2.45) is 5.73 Å².